The molecule has 33 heavy (non-hydrogen) atoms. The molecule has 1 saturated heterocycles. The van der Waals surface area contributed by atoms with Gasteiger partial charge in [-0.3, -0.25) is 14.3 Å². The molecule has 0 spiro atoms. The lowest BCUT2D eigenvalue weighted by Gasteiger charge is -2.20. The third-order valence-corrected chi connectivity index (χ3v) is 7.70. The fourth-order valence-electron chi connectivity index (χ4n) is 3.58. The van der Waals surface area contributed by atoms with Crippen molar-refractivity contribution < 1.29 is 22.7 Å². The summed E-state index contributed by atoms with van der Waals surface area (Å²) >= 11 is 1.03. The Labute approximate surface area is 196 Å². The maximum atomic E-state index is 13.0. The molecule has 2 heterocycles. The van der Waals surface area contributed by atoms with Crippen LogP contribution in [-0.2, 0) is 14.8 Å². The molecular formula is C23H23N3O5S2. The van der Waals surface area contributed by atoms with E-state index >= 15 is 0 Å². The van der Waals surface area contributed by atoms with E-state index in [4.69, 9.17) is 4.74 Å². The molecule has 0 bridgehead atoms. The number of benzene rings is 2. The first kappa shape index (κ1) is 22.8. The minimum atomic E-state index is -3.96. The Morgan fingerprint density at radius 3 is 2.48 bits per heavy atom. The Balaban J connectivity index is 1.57. The third-order valence-electron chi connectivity index (χ3n) is 5.23. The van der Waals surface area contributed by atoms with Crippen LogP contribution in [0.5, 0.6) is 5.75 Å². The highest BCUT2D eigenvalue weighted by Gasteiger charge is 2.27. The average Bonchev–Trinajstić information content (AvgIpc) is 3.45. The van der Waals surface area contributed by atoms with Crippen molar-refractivity contribution in [3.05, 3.63) is 64.4 Å². The Bertz CT molecular complexity index is 1300. The van der Waals surface area contributed by atoms with E-state index in [-0.39, 0.29) is 15.7 Å². The maximum absolute atomic E-state index is 13.0. The molecule has 0 unspecified atom stereocenters. The number of aryl methyl sites for hydroxylation is 1. The van der Waals surface area contributed by atoms with Crippen molar-refractivity contribution in [3.8, 4) is 5.75 Å². The summed E-state index contributed by atoms with van der Waals surface area (Å²) in [7, 11) is -2.45. The molecule has 3 aromatic rings. The number of ether oxygens (including phenoxy) is 1. The number of hydrogen-bond donors (Lipinski definition) is 2. The van der Waals surface area contributed by atoms with Crippen molar-refractivity contribution in [2.75, 3.05) is 28.6 Å². The minimum Gasteiger partial charge on any atom is -0.495 e. The zero-order chi connectivity index (χ0) is 23.6. The van der Waals surface area contributed by atoms with Gasteiger partial charge in [0.1, 0.15) is 15.5 Å². The van der Waals surface area contributed by atoms with Gasteiger partial charge in [0, 0.05) is 24.3 Å². The fourth-order valence-corrected chi connectivity index (χ4v) is 5.96. The van der Waals surface area contributed by atoms with Crippen LogP contribution in [0, 0.1) is 6.92 Å². The third kappa shape index (κ3) is 4.86. The van der Waals surface area contributed by atoms with Crippen LogP contribution in [0.25, 0.3) is 0 Å². The number of nitrogens with zero attached hydrogens (tertiary/aromatic N) is 1. The van der Waals surface area contributed by atoms with Gasteiger partial charge in [0.15, 0.2) is 0 Å². The Morgan fingerprint density at radius 2 is 1.82 bits per heavy atom. The summed E-state index contributed by atoms with van der Waals surface area (Å²) < 4.78 is 33.7. The number of anilines is 3. The standard InChI is InChI=1S/C23H23N3O5S2/c1-15-5-7-16(8-6-15)25-33(29,30)20-11-13-32-22(20)23(28)24-17-9-10-19(31-2)18(14-17)26-12-3-4-21(26)27/h5-11,13-14,25H,3-4,12H2,1-2H3,(H,24,28). The van der Waals surface area contributed by atoms with E-state index in [0.717, 1.165) is 23.3 Å². The van der Waals surface area contributed by atoms with Gasteiger partial charge in [0.25, 0.3) is 15.9 Å². The lowest BCUT2D eigenvalue weighted by Crippen LogP contribution is -2.24. The topological polar surface area (TPSA) is 105 Å². The zero-order valence-corrected chi connectivity index (χ0v) is 19.8. The van der Waals surface area contributed by atoms with E-state index in [1.54, 1.807) is 52.7 Å². The lowest BCUT2D eigenvalue weighted by molar-refractivity contribution is -0.117. The summed E-state index contributed by atoms with van der Waals surface area (Å²) in [5.74, 6) is -0.0475. The van der Waals surface area contributed by atoms with E-state index in [0.29, 0.717) is 35.8 Å². The van der Waals surface area contributed by atoms with Gasteiger partial charge in [-0.2, -0.15) is 0 Å². The van der Waals surface area contributed by atoms with E-state index in [2.05, 4.69) is 10.0 Å². The first-order chi connectivity index (χ1) is 15.8. The number of carbonyl (C=O) groups is 2. The molecule has 0 radical (unpaired) electrons. The molecule has 2 aromatic carbocycles. The predicted molar refractivity (Wildman–Crippen MR) is 129 cm³/mol. The molecule has 1 aliphatic rings. The number of rotatable bonds is 7. The van der Waals surface area contributed by atoms with E-state index in [1.165, 1.54) is 13.2 Å². The Hall–Kier alpha value is -3.37. The molecule has 10 heteroatoms. The van der Waals surface area contributed by atoms with E-state index in [1.807, 2.05) is 6.92 Å². The molecule has 0 saturated carbocycles. The van der Waals surface area contributed by atoms with Crippen molar-refractivity contribution in [3.63, 3.8) is 0 Å². The molecule has 0 atom stereocenters. The van der Waals surface area contributed by atoms with Crippen LogP contribution in [0.4, 0.5) is 17.1 Å². The second kappa shape index (κ2) is 9.24. The summed E-state index contributed by atoms with van der Waals surface area (Å²) in [6.07, 6.45) is 1.22. The van der Waals surface area contributed by atoms with Gasteiger partial charge < -0.3 is 15.0 Å². The highest BCUT2D eigenvalue weighted by Crippen LogP contribution is 2.34. The van der Waals surface area contributed by atoms with Crippen molar-refractivity contribution >= 4 is 50.2 Å². The van der Waals surface area contributed by atoms with Crippen LogP contribution in [0.15, 0.2) is 58.8 Å². The number of carbonyl (C=O) groups excluding carboxylic acids is 2. The van der Waals surface area contributed by atoms with Gasteiger partial charge in [-0.25, -0.2) is 8.42 Å². The lowest BCUT2D eigenvalue weighted by atomic mass is 10.2. The summed E-state index contributed by atoms with van der Waals surface area (Å²) in [6.45, 7) is 2.48. The van der Waals surface area contributed by atoms with Crippen molar-refractivity contribution in [2.45, 2.75) is 24.7 Å². The number of amides is 2. The molecule has 1 aliphatic heterocycles. The average molecular weight is 486 g/mol. The van der Waals surface area contributed by atoms with Crippen molar-refractivity contribution in [1.82, 2.24) is 0 Å². The number of methoxy groups -OCH3 is 1. The van der Waals surface area contributed by atoms with E-state index in [9.17, 15) is 18.0 Å². The summed E-state index contributed by atoms with van der Waals surface area (Å²) in [6, 6.07) is 13.3. The van der Waals surface area contributed by atoms with Crippen LogP contribution in [0.3, 0.4) is 0 Å². The van der Waals surface area contributed by atoms with Gasteiger partial charge >= 0.3 is 0 Å². The summed E-state index contributed by atoms with van der Waals surface area (Å²) in [4.78, 5) is 26.8. The van der Waals surface area contributed by atoms with Crippen molar-refractivity contribution in [2.24, 2.45) is 0 Å². The zero-order valence-electron chi connectivity index (χ0n) is 18.1. The highest BCUT2D eigenvalue weighted by atomic mass is 32.2. The minimum absolute atomic E-state index is 0.00871. The normalized spacial score (nSPS) is 13.8. The van der Waals surface area contributed by atoms with Crippen molar-refractivity contribution in [1.29, 1.82) is 0 Å². The number of sulfonamides is 1. The molecule has 4 rings (SSSR count). The molecule has 2 N–H and O–H groups in total. The van der Waals surface area contributed by atoms with Crippen LogP contribution in [0.2, 0.25) is 0 Å². The molecular weight excluding hydrogens is 462 g/mol. The monoisotopic (exact) mass is 485 g/mol. The first-order valence-corrected chi connectivity index (χ1v) is 12.6. The second-order valence-corrected chi connectivity index (χ2v) is 10.1. The summed E-state index contributed by atoms with van der Waals surface area (Å²) in [5, 5.41) is 4.30. The van der Waals surface area contributed by atoms with Gasteiger partial charge in [-0.05, 0) is 55.1 Å². The molecule has 1 aromatic heterocycles. The number of nitrogens with one attached hydrogen (secondary N) is 2. The fraction of sp³-hybridized carbons (Fsp3) is 0.217. The molecule has 8 nitrogen and oxygen atoms in total. The van der Waals surface area contributed by atoms with Crippen LogP contribution >= 0.6 is 11.3 Å². The summed E-state index contributed by atoms with van der Waals surface area (Å²) in [5.41, 5.74) is 2.41. The first-order valence-electron chi connectivity index (χ1n) is 10.3. The molecule has 0 aliphatic carbocycles. The highest BCUT2D eigenvalue weighted by molar-refractivity contribution is 7.93. The van der Waals surface area contributed by atoms with E-state index < -0.39 is 15.9 Å². The molecule has 172 valence electrons. The molecule has 1 fully saturated rings. The van der Waals surface area contributed by atoms with Gasteiger partial charge in [-0.15, -0.1) is 11.3 Å². The number of thiophene rings is 1. The van der Waals surface area contributed by atoms with Crippen LogP contribution in [-0.4, -0.2) is 33.9 Å². The second-order valence-electron chi connectivity index (χ2n) is 7.58. The van der Waals surface area contributed by atoms with Crippen LogP contribution in [0.1, 0.15) is 28.1 Å². The van der Waals surface area contributed by atoms with Gasteiger partial charge in [0.2, 0.25) is 5.91 Å². The van der Waals surface area contributed by atoms with Crippen LogP contribution < -0.4 is 19.7 Å². The van der Waals surface area contributed by atoms with Gasteiger partial charge in [-0.1, -0.05) is 17.7 Å². The Kier molecular flexibility index (Phi) is 6.39. The number of hydrogen-bond acceptors (Lipinski definition) is 6. The largest absolute Gasteiger partial charge is 0.495 e. The Morgan fingerprint density at radius 1 is 1.09 bits per heavy atom. The maximum Gasteiger partial charge on any atom is 0.267 e. The smallest absolute Gasteiger partial charge is 0.267 e. The quantitative estimate of drug-likeness (QED) is 0.521. The molecule has 2 amide bonds. The predicted octanol–water partition coefficient (Wildman–Crippen LogP) is 4.25. The SMILES string of the molecule is COc1ccc(NC(=O)c2sccc2S(=O)(=O)Nc2ccc(C)cc2)cc1N1CCCC1=O. The van der Waals surface area contributed by atoms with Gasteiger partial charge in [0.05, 0.1) is 12.8 Å².